The summed E-state index contributed by atoms with van der Waals surface area (Å²) < 4.78 is 19.1. The maximum Gasteiger partial charge on any atom is 0.123 e. The number of hydrogen-bond donors (Lipinski definition) is 0. The van der Waals surface area contributed by atoms with Crippen LogP contribution in [0.5, 0.6) is 5.75 Å². The van der Waals surface area contributed by atoms with Gasteiger partial charge in [0, 0.05) is 38.6 Å². The molecule has 3 rings (SSSR count). The molecule has 4 nitrogen and oxygen atoms in total. The van der Waals surface area contributed by atoms with Crippen molar-refractivity contribution < 1.29 is 9.13 Å². The fourth-order valence-corrected chi connectivity index (χ4v) is 3.05. The topological polar surface area (TPSA) is 28.6 Å². The van der Waals surface area contributed by atoms with Crippen molar-refractivity contribution in [2.75, 3.05) is 27.2 Å². The molecule has 29 heavy (non-hydrogen) atoms. The van der Waals surface area contributed by atoms with Crippen molar-refractivity contribution in [2.45, 2.75) is 19.7 Å². The summed E-state index contributed by atoms with van der Waals surface area (Å²) in [6.45, 7) is 4.04. The first-order chi connectivity index (χ1) is 14.1. The average molecular weight is 394 g/mol. The summed E-state index contributed by atoms with van der Waals surface area (Å²) >= 11 is 0. The Hall–Kier alpha value is -2.76. The van der Waals surface area contributed by atoms with Crippen LogP contribution < -0.4 is 4.74 Å². The van der Waals surface area contributed by atoms with Gasteiger partial charge in [0.15, 0.2) is 0 Å². The summed E-state index contributed by atoms with van der Waals surface area (Å²) in [7, 11) is 4.18. The highest BCUT2D eigenvalue weighted by Crippen LogP contribution is 2.17. The molecule has 0 unspecified atom stereocenters. The molecule has 0 spiro atoms. The minimum absolute atomic E-state index is 0.243. The molecule has 0 fully saturated rings. The number of aromatic nitrogens is 1. The largest absolute Gasteiger partial charge is 0.489 e. The molecular formula is C24H28FN3O. The Bertz CT molecular complexity index is 869. The van der Waals surface area contributed by atoms with Gasteiger partial charge < -0.3 is 9.64 Å². The molecule has 2 aromatic carbocycles. The summed E-state index contributed by atoms with van der Waals surface area (Å²) in [4.78, 5) is 8.84. The van der Waals surface area contributed by atoms with Crippen LogP contribution in [0.4, 0.5) is 4.39 Å². The van der Waals surface area contributed by atoms with Gasteiger partial charge in [-0.1, -0.05) is 30.3 Å². The summed E-state index contributed by atoms with van der Waals surface area (Å²) in [6, 6.07) is 18.7. The van der Waals surface area contributed by atoms with Gasteiger partial charge in [0.05, 0.1) is 0 Å². The lowest BCUT2D eigenvalue weighted by atomic mass is 10.2. The average Bonchev–Trinajstić information content (AvgIpc) is 2.72. The minimum atomic E-state index is -0.243. The molecule has 1 aromatic heterocycles. The van der Waals surface area contributed by atoms with Crippen LogP contribution in [0, 0.1) is 5.82 Å². The quantitative estimate of drug-likeness (QED) is 0.512. The third kappa shape index (κ3) is 7.29. The van der Waals surface area contributed by atoms with Gasteiger partial charge in [-0.15, -0.1) is 0 Å². The molecule has 1 heterocycles. The standard InChI is InChI=1S/C24H28FN3O/c1-27(2)13-14-28(18-22-6-4-12-26-16-22)17-20-8-10-24(11-9-20)29-19-21-5-3-7-23(25)15-21/h3-12,15-16H,13-14,17-19H2,1-2H3. The Morgan fingerprint density at radius 1 is 0.862 bits per heavy atom. The van der Waals surface area contributed by atoms with Gasteiger partial charge in [-0.05, 0) is 61.1 Å². The van der Waals surface area contributed by atoms with E-state index in [4.69, 9.17) is 4.74 Å². The normalized spacial score (nSPS) is 11.2. The molecule has 0 aliphatic rings. The smallest absolute Gasteiger partial charge is 0.123 e. The van der Waals surface area contributed by atoms with Crippen LogP contribution in [0.3, 0.4) is 0 Å². The fourth-order valence-electron chi connectivity index (χ4n) is 3.05. The zero-order valence-corrected chi connectivity index (χ0v) is 17.1. The molecule has 5 heteroatoms. The second-order valence-electron chi connectivity index (χ2n) is 7.44. The second kappa shape index (κ2) is 10.7. The number of benzene rings is 2. The molecule has 0 radical (unpaired) electrons. The van der Waals surface area contributed by atoms with E-state index in [2.05, 4.69) is 47.1 Å². The number of pyridine rings is 1. The van der Waals surface area contributed by atoms with Crippen molar-refractivity contribution in [2.24, 2.45) is 0 Å². The van der Waals surface area contributed by atoms with E-state index >= 15 is 0 Å². The van der Waals surface area contributed by atoms with Crippen molar-refractivity contribution in [3.8, 4) is 5.75 Å². The summed E-state index contributed by atoms with van der Waals surface area (Å²) in [5.41, 5.74) is 3.26. The van der Waals surface area contributed by atoms with E-state index in [9.17, 15) is 4.39 Å². The van der Waals surface area contributed by atoms with Crippen LogP contribution in [-0.4, -0.2) is 42.0 Å². The molecule has 0 saturated carbocycles. The van der Waals surface area contributed by atoms with Crippen molar-refractivity contribution in [3.05, 3.63) is 95.6 Å². The molecule has 0 amide bonds. The Labute approximate surface area is 172 Å². The van der Waals surface area contributed by atoms with Gasteiger partial charge in [0.1, 0.15) is 18.2 Å². The van der Waals surface area contributed by atoms with Gasteiger partial charge in [-0.25, -0.2) is 4.39 Å². The first-order valence-electron chi connectivity index (χ1n) is 9.80. The molecule has 0 aliphatic carbocycles. The van der Waals surface area contributed by atoms with Gasteiger partial charge >= 0.3 is 0 Å². The SMILES string of the molecule is CN(C)CCN(Cc1ccc(OCc2cccc(F)c2)cc1)Cc1cccnc1. The lowest BCUT2D eigenvalue weighted by Crippen LogP contribution is -2.31. The Balaban J connectivity index is 1.58. The van der Waals surface area contributed by atoms with Crippen molar-refractivity contribution in [1.82, 2.24) is 14.8 Å². The zero-order chi connectivity index (χ0) is 20.5. The van der Waals surface area contributed by atoms with E-state index in [1.165, 1.54) is 23.3 Å². The van der Waals surface area contributed by atoms with E-state index in [1.54, 1.807) is 12.3 Å². The molecule has 0 N–H and O–H groups in total. The number of hydrogen-bond acceptors (Lipinski definition) is 4. The molecule has 0 saturated heterocycles. The van der Waals surface area contributed by atoms with Crippen LogP contribution in [0.15, 0.2) is 73.1 Å². The first kappa shape index (κ1) is 21.0. The highest BCUT2D eigenvalue weighted by molar-refractivity contribution is 5.28. The fraction of sp³-hybridized carbons (Fsp3) is 0.292. The third-order valence-electron chi connectivity index (χ3n) is 4.62. The number of rotatable bonds is 10. The maximum absolute atomic E-state index is 13.3. The van der Waals surface area contributed by atoms with Crippen LogP contribution in [0.1, 0.15) is 16.7 Å². The van der Waals surface area contributed by atoms with E-state index in [0.29, 0.717) is 6.61 Å². The number of nitrogens with zero attached hydrogens (tertiary/aromatic N) is 3. The molecule has 0 atom stereocenters. The summed E-state index contributed by atoms with van der Waals surface area (Å²) in [5, 5.41) is 0. The van der Waals surface area contributed by atoms with Crippen molar-refractivity contribution in [1.29, 1.82) is 0 Å². The van der Waals surface area contributed by atoms with Crippen molar-refractivity contribution >= 4 is 0 Å². The molecule has 3 aromatic rings. The predicted octanol–water partition coefficient (Wildman–Crippen LogP) is 4.36. The number of halogens is 1. The van der Waals surface area contributed by atoms with Crippen molar-refractivity contribution in [3.63, 3.8) is 0 Å². The van der Waals surface area contributed by atoms with E-state index in [-0.39, 0.29) is 5.82 Å². The van der Waals surface area contributed by atoms with Crippen LogP contribution in [0.25, 0.3) is 0 Å². The van der Waals surface area contributed by atoms with Crippen LogP contribution in [0.2, 0.25) is 0 Å². The van der Waals surface area contributed by atoms with Gasteiger partial charge in [0.2, 0.25) is 0 Å². The Morgan fingerprint density at radius 3 is 2.31 bits per heavy atom. The number of ether oxygens (including phenoxy) is 1. The Morgan fingerprint density at radius 2 is 1.62 bits per heavy atom. The highest BCUT2D eigenvalue weighted by Gasteiger charge is 2.08. The van der Waals surface area contributed by atoms with Gasteiger partial charge in [-0.3, -0.25) is 9.88 Å². The van der Waals surface area contributed by atoms with Crippen LogP contribution in [-0.2, 0) is 19.7 Å². The maximum atomic E-state index is 13.3. The summed E-state index contributed by atoms with van der Waals surface area (Å²) in [5.74, 6) is 0.540. The Kier molecular flexibility index (Phi) is 7.73. The van der Waals surface area contributed by atoms with E-state index in [0.717, 1.165) is 37.5 Å². The number of likely N-dealkylation sites (N-methyl/N-ethyl adjacent to an activating group) is 1. The monoisotopic (exact) mass is 393 g/mol. The molecule has 0 bridgehead atoms. The minimum Gasteiger partial charge on any atom is -0.489 e. The van der Waals surface area contributed by atoms with E-state index in [1.807, 2.05) is 30.5 Å². The summed E-state index contributed by atoms with van der Waals surface area (Å²) in [6.07, 6.45) is 3.72. The van der Waals surface area contributed by atoms with Crippen LogP contribution >= 0.6 is 0 Å². The van der Waals surface area contributed by atoms with Gasteiger partial charge in [0.25, 0.3) is 0 Å². The molecular weight excluding hydrogens is 365 g/mol. The molecule has 152 valence electrons. The third-order valence-corrected chi connectivity index (χ3v) is 4.62. The van der Waals surface area contributed by atoms with Gasteiger partial charge in [-0.2, -0.15) is 0 Å². The predicted molar refractivity (Wildman–Crippen MR) is 114 cm³/mol. The highest BCUT2D eigenvalue weighted by atomic mass is 19.1. The zero-order valence-electron chi connectivity index (χ0n) is 17.1. The lowest BCUT2D eigenvalue weighted by Gasteiger charge is -2.24. The lowest BCUT2D eigenvalue weighted by molar-refractivity contribution is 0.226. The first-order valence-corrected chi connectivity index (χ1v) is 9.80. The van der Waals surface area contributed by atoms with E-state index < -0.39 is 0 Å². The molecule has 0 aliphatic heterocycles. The second-order valence-corrected chi connectivity index (χ2v) is 7.44.